The van der Waals surface area contributed by atoms with E-state index in [4.69, 9.17) is 10.6 Å². The number of hydrogen-bond acceptors (Lipinski definition) is 4. The fraction of sp³-hybridized carbons (Fsp3) is 1.00. The highest BCUT2D eigenvalue weighted by Gasteiger charge is 2.17. The SMILES string of the molecule is CCOP(=O)(O)OCN. The van der Waals surface area contributed by atoms with Gasteiger partial charge in [0, 0.05) is 0 Å². The van der Waals surface area contributed by atoms with Crippen LogP contribution in [0.1, 0.15) is 6.92 Å². The van der Waals surface area contributed by atoms with Crippen molar-refractivity contribution in [2.24, 2.45) is 5.73 Å². The van der Waals surface area contributed by atoms with Crippen molar-refractivity contribution in [3.8, 4) is 0 Å². The Balaban J connectivity index is 3.58. The fourth-order valence-corrected chi connectivity index (χ4v) is 0.884. The minimum atomic E-state index is -3.82. The number of phosphoric ester groups is 1. The molecule has 1 unspecified atom stereocenters. The predicted octanol–water partition coefficient (Wildman–Crippen LogP) is 0.0561. The van der Waals surface area contributed by atoms with Crippen molar-refractivity contribution < 1.29 is 18.5 Å². The zero-order chi connectivity index (χ0) is 7.33. The third-order valence-corrected chi connectivity index (χ3v) is 1.59. The van der Waals surface area contributed by atoms with Crippen LogP contribution in [-0.2, 0) is 13.6 Å². The summed E-state index contributed by atoms with van der Waals surface area (Å²) >= 11 is 0. The molecular formula is C3H10NO4P. The summed E-state index contributed by atoms with van der Waals surface area (Å²) in [5, 5.41) is 0. The molecule has 0 bridgehead atoms. The average molecular weight is 155 g/mol. The van der Waals surface area contributed by atoms with E-state index in [1.165, 1.54) is 0 Å². The Morgan fingerprint density at radius 1 is 1.67 bits per heavy atom. The maximum Gasteiger partial charge on any atom is 0.473 e. The average Bonchev–Trinajstić information content (AvgIpc) is 1.64. The summed E-state index contributed by atoms with van der Waals surface area (Å²) in [5.41, 5.74) is 4.81. The molecule has 0 radical (unpaired) electrons. The van der Waals surface area contributed by atoms with E-state index in [2.05, 4.69) is 9.05 Å². The molecule has 0 fully saturated rings. The maximum absolute atomic E-state index is 10.4. The Morgan fingerprint density at radius 3 is 2.56 bits per heavy atom. The molecule has 56 valence electrons. The minimum absolute atomic E-state index is 0.133. The molecular weight excluding hydrogens is 145 g/mol. The van der Waals surface area contributed by atoms with Crippen molar-refractivity contribution in [1.29, 1.82) is 0 Å². The lowest BCUT2D eigenvalue weighted by atomic mass is 10.9. The van der Waals surface area contributed by atoms with E-state index < -0.39 is 7.82 Å². The maximum atomic E-state index is 10.4. The number of nitrogens with two attached hydrogens (primary N) is 1. The highest BCUT2D eigenvalue weighted by molar-refractivity contribution is 7.47. The van der Waals surface area contributed by atoms with Crippen LogP contribution in [0.2, 0.25) is 0 Å². The monoisotopic (exact) mass is 155 g/mol. The van der Waals surface area contributed by atoms with Gasteiger partial charge in [0.15, 0.2) is 0 Å². The van der Waals surface area contributed by atoms with E-state index in [1.807, 2.05) is 0 Å². The second-order valence-corrected chi connectivity index (χ2v) is 2.64. The van der Waals surface area contributed by atoms with E-state index in [-0.39, 0.29) is 13.3 Å². The van der Waals surface area contributed by atoms with Crippen molar-refractivity contribution in [2.75, 3.05) is 13.3 Å². The van der Waals surface area contributed by atoms with Gasteiger partial charge in [-0.3, -0.25) is 9.05 Å². The van der Waals surface area contributed by atoms with Crippen molar-refractivity contribution >= 4 is 7.82 Å². The van der Waals surface area contributed by atoms with Crippen molar-refractivity contribution in [3.63, 3.8) is 0 Å². The summed E-state index contributed by atoms with van der Waals surface area (Å²) in [5.74, 6) is 0. The van der Waals surface area contributed by atoms with Gasteiger partial charge in [-0.25, -0.2) is 4.57 Å². The van der Waals surface area contributed by atoms with E-state index in [0.29, 0.717) is 0 Å². The number of phosphoric acid groups is 1. The van der Waals surface area contributed by atoms with Crippen molar-refractivity contribution in [1.82, 2.24) is 0 Å². The predicted molar refractivity (Wildman–Crippen MR) is 31.6 cm³/mol. The van der Waals surface area contributed by atoms with Crippen LogP contribution >= 0.6 is 7.82 Å². The molecule has 0 aliphatic rings. The lowest BCUT2D eigenvalue weighted by Gasteiger charge is -2.07. The second kappa shape index (κ2) is 3.98. The van der Waals surface area contributed by atoms with Crippen LogP contribution in [0.3, 0.4) is 0 Å². The van der Waals surface area contributed by atoms with Crippen LogP contribution in [0.4, 0.5) is 0 Å². The zero-order valence-corrected chi connectivity index (χ0v) is 6.01. The molecule has 0 aliphatic carbocycles. The van der Waals surface area contributed by atoms with Gasteiger partial charge in [0.2, 0.25) is 0 Å². The Hall–Kier alpha value is 0.0700. The van der Waals surface area contributed by atoms with Crippen LogP contribution < -0.4 is 5.73 Å². The molecule has 5 nitrogen and oxygen atoms in total. The first-order valence-corrected chi connectivity index (χ1v) is 3.94. The van der Waals surface area contributed by atoms with Gasteiger partial charge in [0.05, 0.1) is 6.61 Å². The van der Waals surface area contributed by atoms with Gasteiger partial charge in [-0.1, -0.05) is 0 Å². The van der Waals surface area contributed by atoms with Gasteiger partial charge in [0.1, 0.15) is 6.73 Å². The summed E-state index contributed by atoms with van der Waals surface area (Å²) in [6.45, 7) is 1.41. The van der Waals surface area contributed by atoms with Gasteiger partial charge in [-0.15, -0.1) is 0 Å². The third-order valence-electron chi connectivity index (χ3n) is 0.530. The highest BCUT2D eigenvalue weighted by atomic mass is 31.2. The Morgan fingerprint density at radius 2 is 2.22 bits per heavy atom. The van der Waals surface area contributed by atoms with E-state index in [0.717, 1.165) is 0 Å². The number of rotatable bonds is 4. The molecule has 0 saturated heterocycles. The molecule has 0 saturated carbocycles. The molecule has 0 aromatic heterocycles. The van der Waals surface area contributed by atoms with Gasteiger partial charge in [0.25, 0.3) is 0 Å². The Kier molecular flexibility index (Phi) is 4.01. The first-order valence-electron chi connectivity index (χ1n) is 2.44. The molecule has 0 rings (SSSR count). The lowest BCUT2D eigenvalue weighted by Crippen LogP contribution is -2.04. The van der Waals surface area contributed by atoms with Crippen molar-refractivity contribution in [3.05, 3.63) is 0 Å². The smallest absolute Gasteiger partial charge is 0.308 e. The van der Waals surface area contributed by atoms with E-state index in [1.54, 1.807) is 6.92 Å². The van der Waals surface area contributed by atoms with Gasteiger partial charge >= 0.3 is 7.82 Å². The standard InChI is InChI=1S/C3H10NO4P/c1-2-7-9(5,6)8-3-4/h2-4H2,1H3,(H,5,6). The lowest BCUT2D eigenvalue weighted by molar-refractivity contribution is 0.158. The molecule has 0 aromatic rings. The quantitative estimate of drug-likeness (QED) is 0.443. The van der Waals surface area contributed by atoms with Crippen LogP contribution in [-0.4, -0.2) is 18.2 Å². The molecule has 0 spiro atoms. The van der Waals surface area contributed by atoms with Crippen LogP contribution in [0.25, 0.3) is 0 Å². The molecule has 0 aromatic carbocycles. The normalized spacial score (nSPS) is 17.2. The summed E-state index contributed by atoms with van der Waals surface area (Å²) in [6, 6.07) is 0. The van der Waals surface area contributed by atoms with Crippen molar-refractivity contribution in [2.45, 2.75) is 6.92 Å². The second-order valence-electron chi connectivity index (χ2n) is 1.18. The highest BCUT2D eigenvalue weighted by Crippen LogP contribution is 2.41. The fourth-order valence-electron chi connectivity index (χ4n) is 0.295. The Bertz CT molecular complexity index is 106. The summed E-state index contributed by atoms with van der Waals surface area (Å²) < 4.78 is 18.9. The third kappa shape index (κ3) is 4.57. The number of hydrogen-bond donors (Lipinski definition) is 2. The minimum Gasteiger partial charge on any atom is -0.308 e. The van der Waals surface area contributed by atoms with Gasteiger partial charge in [-0.05, 0) is 6.92 Å². The first-order chi connectivity index (χ1) is 4.12. The molecule has 0 aliphatic heterocycles. The molecule has 9 heavy (non-hydrogen) atoms. The zero-order valence-electron chi connectivity index (χ0n) is 5.11. The summed E-state index contributed by atoms with van der Waals surface area (Å²) in [7, 11) is -3.82. The van der Waals surface area contributed by atoms with Crippen LogP contribution in [0.5, 0.6) is 0 Å². The topological polar surface area (TPSA) is 81.8 Å². The van der Waals surface area contributed by atoms with Gasteiger partial charge in [-0.2, -0.15) is 0 Å². The molecule has 3 N–H and O–H groups in total. The van der Waals surface area contributed by atoms with E-state index >= 15 is 0 Å². The van der Waals surface area contributed by atoms with E-state index in [9.17, 15) is 4.57 Å². The summed E-state index contributed by atoms with van der Waals surface area (Å²) in [4.78, 5) is 8.55. The van der Waals surface area contributed by atoms with Crippen LogP contribution in [0.15, 0.2) is 0 Å². The Labute approximate surface area is 53.4 Å². The summed E-state index contributed by atoms with van der Waals surface area (Å²) in [6.07, 6.45) is 0. The molecule has 0 amide bonds. The molecule has 6 heteroatoms. The van der Waals surface area contributed by atoms with Crippen LogP contribution in [0, 0.1) is 0 Å². The molecule has 1 atom stereocenters. The van der Waals surface area contributed by atoms with Gasteiger partial charge < -0.3 is 10.6 Å². The first kappa shape index (κ1) is 9.07. The molecule has 0 heterocycles. The largest absolute Gasteiger partial charge is 0.473 e.